The van der Waals surface area contributed by atoms with E-state index in [9.17, 15) is 4.39 Å². The molecule has 1 aromatic carbocycles. The summed E-state index contributed by atoms with van der Waals surface area (Å²) in [5.41, 5.74) is 6.79. The molecule has 0 unspecified atom stereocenters. The summed E-state index contributed by atoms with van der Waals surface area (Å²) in [6, 6.07) is 9.79. The number of aromatic nitrogens is 1. The number of pyridine rings is 1. The van der Waals surface area contributed by atoms with Gasteiger partial charge < -0.3 is 15.4 Å². The third-order valence-corrected chi connectivity index (χ3v) is 3.45. The lowest BCUT2D eigenvalue weighted by Gasteiger charge is -2.31. The molecule has 2 heterocycles. The van der Waals surface area contributed by atoms with Crippen molar-refractivity contribution in [2.45, 2.75) is 13.0 Å². The smallest absolute Gasteiger partial charge is 0.219 e. The summed E-state index contributed by atoms with van der Waals surface area (Å²) < 4.78 is 19.0. The van der Waals surface area contributed by atoms with Gasteiger partial charge in [-0.3, -0.25) is 0 Å². The minimum atomic E-state index is -0.422. The number of hydrogen-bond acceptors (Lipinski definition) is 3. The predicted molar refractivity (Wildman–Crippen MR) is 82.2 cm³/mol. The molecule has 0 radical (unpaired) electrons. The van der Waals surface area contributed by atoms with E-state index in [4.69, 9.17) is 10.5 Å². The van der Waals surface area contributed by atoms with Crippen LogP contribution in [-0.4, -0.2) is 28.9 Å². The zero-order chi connectivity index (χ0) is 15.4. The standard InChI is InChI=1S/C16H17FN4O/c17-13-4-1-2-5-14(13)22-15-10-12(6-7-19-15)11-20-16(18)21-8-3-9-21/h1-2,4-7,10H,3,8-9,11H2,(H2,18,20). The van der Waals surface area contributed by atoms with Gasteiger partial charge in [0.05, 0.1) is 6.54 Å². The van der Waals surface area contributed by atoms with Crippen LogP contribution in [0.1, 0.15) is 12.0 Å². The molecule has 3 rings (SSSR count). The number of nitrogens with zero attached hydrogens (tertiary/aromatic N) is 3. The Hall–Kier alpha value is -2.63. The van der Waals surface area contributed by atoms with Gasteiger partial charge in [-0.15, -0.1) is 0 Å². The van der Waals surface area contributed by atoms with Crippen molar-refractivity contribution in [2.75, 3.05) is 13.1 Å². The molecule has 0 amide bonds. The number of halogens is 1. The van der Waals surface area contributed by atoms with Crippen molar-refractivity contribution in [3.05, 3.63) is 54.0 Å². The first-order valence-corrected chi connectivity index (χ1v) is 7.14. The van der Waals surface area contributed by atoms with Crippen LogP contribution in [0.4, 0.5) is 4.39 Å². The van der Waals surface area contributed by atoms with Gasteiger partial charge in [0.25, 0.3) is 0 Å². The minimum Gasteiger partial charge on any atom is -0.436 e. The molecule has 0 saturated carbocycles. The van der Waals surface area contributed by atoms with Crippen molar-refractivity contribution in [1.29, 1.82) is 0 Å². The predicted octanol–water partition coefficient (Wildman–Crippen LogP) is 2.53. The average Bonchev–Trinajstić information content (AvgIpc) is 2.46. The molecule has 1 aromatic heterocycles. The molecule has 2 aromatic rings. The van der Waals surface area contributed by atoms with Crippen LogP contribution in [0.25, 0.3) is 0 Å². The van der Waals surface area contributed by atoms with Crippen LogP contribution in [0.5, 0.6) is 11.6 Å². The number of rotatable bonds is 4. The number of nitrogens with two attached hydrogens (primary N) is 1. The molecule has 0 aliphatic carbocycles. The second-order valence-electron chi connectivity index (χ2n) is 5.05. The minimum absolute atomic E-state index is 0.149. The SMILES string of the molecule is NC(=NCc1ccnc(Oc2ccccc2F)c1)N1CCC1. The molecule has 5 nitrogen and oxygen atoms in total. The maximum Gasteiger partial charge on any atom is 0.219 e. The highest BCUT2D eigenvalue weighted by atomic mass is 19.1. The topological polar surface area (TPSA) is 63.7 Å². The number of benzene rings is 1. The van der Waals surface area contributed by atoms with Crippen molar-refractivity contribution in [3.63, 3.8) is 0 Å². The fourth-order valence-electron chi connectivity index (χ4n) is 2.06. The van der Waals surface area contributed by atoms with Gasteiger partial charge in [0.2, 0.25) is 5.88 Å². The highest BCUT2D eigenvalue weighted by molar-refractivity contribution is 5.78. The quantitative estimate of drug-likeness (QED) is 0.696. The lowest BCUT2D eigenvalue weighted by Crippen LogP contribution is -2.46. The summed E-state index contributed by atoms with van der Waals surface area (Å²) >= 11 is 0. The summed E-state index contributed by atoms with van der Waals surface area (Å²) in [5, 5.41) is 0. The molecule has 0 spiro atoms. The molecule has 6 heteroatoms. The van der Waals surface area contributed by atoms with E-state index in [1.165, 1.54) is 6.07 Å². The number of hydrogen-bond donors (Lipinski definition) is 1. The first kappa shape index (κ1) is 14.3. The van der Waals surface area contributed by atoms with E-state index in [2.05, 4.69) is 9.98 Å². The van der Waals surface area contributed by atoms with Gasteiger partial charge in [-0.1, -0.05) is 12.1 Å². The van der Waals surface area contributed by atoms with E-state index in [0.717, 1.165) is 25.1 Å². The summed E-state index contributed by atoms with van der Waals surface area (Å²) in [5.74, 6) is 0.616. The number of guanidine groups is 1. The Bertz CT molecular complexity index is 685. The van der Waals surface area contributed by atoms with E-state index >= 15 is 0 Å². The number of likely N-dealkylation sites (tertiary alicyclic amines) is 1. The molecule has 2 N–H and O–H groups in total. The third-order valence-electron chi connectivity index (χ3n) is 3.45. The molecule has 1 aliphatic heterocycles. The van der Waals surface area contributed by atoms with Gasteiger partial charge >= 0.3 is 0 Å². The van der Waals surface area contributed by atoms with Crippen LogP contribution in [0, 0.1) is 5.82 Å². The molecule has 22 heavy (non-hydrogen) atoms. The second kappa shape index (κ2) is 6.43. The van der Waals surface area contributed by atoms with Crippen molar-refractivity contribution in [1.82, 2.24) is 9.88 Å². The Kier molecular flexibility index (Phi) is 4.18. The van der Waals surface area contributed by atoms with E-state index in [1.54, 1.807) is 30.5 Å². The van der Waals surface area contributed by atoms with Crippen molar-refractivity contribution >= 4 is 5.96 Å². The van der Waals surface area contributed by atoms with Gasteiger partial charge in [0.15, 0.2) is 17.5 Å². The third kappa shape index (κ3) is 3.33. The second-order valence-corrected chi connectivity index (χ2v) is 5.05. The van der Waals surface area contributed by atoms with Crippen LogP contribution in [0.3, 0.4) is 0 Å². The fourth-order valence-corrected chi connectivity index (χ4v) is 2.06. The van der Waals surface area contributed by atoms with Gasteiger partial charge in [-0.05, 0) is 30.2 Å². The van der Waals surface area contributed by atoms with E-state index in [0.29, 0.717) is 18.4 Å². The maximum absolute atomic E-state index is 13.6. The summed E-state index contributed by atoms with van der Waals surface area (Å²) in [4.78, 5) is 10.5. The van der Waals surface area contributed by atoms with Crippen LogP contribution < -0.4 is 10.5 Å². The summed E-state index contributed by atoms with van der Waals surface area (Å²) in [7, 11) is 0. The number of para-hydroxylation sites is 1. The Labute approximate surface area is 128 Å². The molecule has 1 aliphatic rings. The Morgan fingerprint density at radius 2 is 2.14 bits per heavy atom. The molecule has 1 saturated heterocycles. The van der Waals surface area contributed by atoms with Gasteiger partial charge in [0, 0.05) is 25.4 Å². The van der Waals surface area contributed by atoms with Crippen LogP contribution in [0.15, 0.2) is 47.6 Å². The number of aliphatic imine (C=N–C) groups is 1. The molecule has 0 bridgehead atoms. The van der Waals surface area contributed by atoms with Crippen molar-refractivity contribution < 1.29 is 9.13 Å². The number of ether oxygens (including phenoxy) is 1. The van der Waals surface area contributed by atoms with Crippen LogP contribution in [-0.2, 0) is 6.54 Å². The first-order valence-electron chi connectivity index (χ1n) is 7.14. The molecular formula is C16H17FN4O. The Morgan fingerprint density at radius 1 is 1.32 bits per heavy atom. The Balaban J connectivity index is 1.68. The maximum atomic E-state index is 13.6. The van der Waals surface area contributed by atoms with E-state index in [-0.39, 0.29) is 5.75 Å². The molecule has 114 valence electrons. The summed E-state index contributed by atoms with van der Waals surface area (Å²) in [6.07, 6.45) is 2.77. The monoisotopic (exact) mass is 300 g/mol. The fraction of sp³-hybridized carbons (Fsp3) is 0.250. The zero-order valence-corrected chi connectivity index (χ0v) is 12.1. The zero-order valence-electron chi connectivity index (χ0n) is 12.1. The first-order chi connectivity index (χ1) is 10.7. The lowest BCUT2D eigenvalue weighted by atomic mass is 10.2. The lowest BCUT2D eigenvalue weighted by molar-refractivity contribution is 0.295. The highest BCUT2D eigenvalue weighted by Crippen LogP contribution is 2.23. The average molecular weight is 300 g/mol. The van der Waals surface area contributed by atoms with E-state index in [1.807, 2.05) is 11.0 Å². The van der Waals surface area contributed by atoms with Crippen molar-refractivity contribution in [2.24, 2.45) is 10.7 Å². The van der Waals surface area contributed by atoms with Gasteiger partial charge in [-0.25, -0.2) is 14.4 Å². The normalized spacial score (nSPS) is 14.6. The highest BCUT2D eigenvalue weighted by Gasteiger charge is 2.15. The molecule has 1 fully saturated rings. The van der Waals surface area contributed by atoms with Crippen LogP contribution in [0.2, 0.25) is 0 Å². The van der Waals surface area contributed by atoms with Crippen molar-refractivity contribution in [3.8, 4) is 11.6 Å². The molecular weight excluding hydrogens is 283 g/mol. The van der Waals surface area contributed by atoms with Gasteiger partial charge in [-0.2, -0.15) is 0 Å². The molecule has 0 atom stereocenters. The Morgan fingerprint density at radius 3 is 2.86 bits per heavy atom. The van der Waals surface area contributed by atoms with E-state index < -0.39 is 5.82 Å². The van der Waals surface area contributed by atoms with Crippen LogP contribution >= 0.6 is 0 Å². The largest absolute Gasteiger partial charge is 0.436 e. The van der Waals surface area contributed by atoms with Gasteiger partial charge in [0.1, 0.15) is 0 Å². The summed E-state index contributed by atoms with van der Waals surface area (Å²) in [6.45, 7) is 2.37.